The summed E-state index contributed by atoms with van der Waals surface area (Å²) >= 11 is 3.34. The van der Waals surface area contributed by atoms with E-state index in [1.54, 1.807) is 7.11 Å². The van der Waals surface area contributed by atoms with E-state index in [9.17, 15) is 5.11 Å². The Labute approximate surface area is 98.4 Å². The standard InChI is InChI=1S/C12H13BrO2/c1-3-4-5-11(14)10-7-6-9(13)8-12(10)15-2/h1,6-8,11,14H,4-5H2,2H3. The second kappa shape index (κ2) is 5.79. The minimum atomic E-state index is -0.566. The normalized spacial score (nSPS) is 11.9. The Kier molecular flexibility index (Phi) is 4.67. The van der Waals surface area contributed by atoms with Gasteiger partial charge in [-0.1, -0.05) is 22.0 Å². The molecule has 0 fully saturated rings. The molecule has 1 aromatic rings. The molecule has 0 saturated carbocycles. The summed E-state index contributed by atoms with van der Waals surface area (Å²) in [6.45, 7) is 0. The minimum Gasteiger partial charge on any atom is -0.496 e. The second-order valence-corrected chi connectivity index (χ2v) is 4.06. The zero-order valence-electron chi connectivity index (χ0n) is 8.53. The summed E-state index contributed by atoms with van der Waals surface area (Å²) in [4.78, 5) is 0. The number of aliphatic hydroxyl groups excluding tert-OH is 1. The maximum absolute atomic E-state index is 9.86. The quantitative estimate of drug-likeness (QED) is 0.851. The predicted molar refractivity (Wildman–Crippen MR) is 63.7 cm³/mol. The molecule has 3 heteroatoms. The van der Waals surface area contributed by atoms with Crippen LogP contribution in [0.15, 0.2) is 22.7 Å². The van der Waals surface area contributed by atoms with Crippen molar-refractivity contribution in [3.05, 3.63) is 28.2 Å². The molecule has 0 radical (unpaired) electrons. The van der Waals surface area contributed by atoms with E-state index in [0.717, 1.165) is 10.0 Å². The van der Waals surface area contributed by atoms with E-state index in [4.69, 9.17) is 11.2 Å². The van der Waals surface area contributed by atoms with Crippen LogP contribution >= 0.6 is 15.9 Å². The van der Waals surface area contributed by atoms with Crippen LogP contribution < -0.4 is 4.74 Å². The number of ether oxygens (including phenoxy) is 1. The highest BCUT2D eigenvalue weighted by Gasteiger charge is 2.12. The van der Waals surface area contributed by atoms with Gasteiger partial charge in [0, 0.05) is 16.5 Å². The highest BCUT2D eigenvalue weighted by atomic mass is 79.9. The molecule has 1 aromatic carbocycles. The SMILES string of the molecule is C#CCCC(O)c1ccc(Br)cc1OC. The number of hydrogen-bond acceptors (Lipinski definition) is 2. The average Bonchev–Trinajstić information content (AvgIpc) is 2.25. The first kappa shape index (κ1) is 12.1. The molecule has 0 bridgehead atoms. The van der Waals surface area contributed by atoms with Gasteiger partial charge < -0.3 is 9.84 Å². The van der Waals surface area contributed by atoms with E-state index < -0.39 is 6.10 Å². The van der Waals surface area contributed by atoms with Crippen LogP contribution in [0.4, 0.5) is 0 Å². The number of rotatable bonds is 4. The van der Waals surface area contributed by atoms with Gasteiger partial charge in [-0.15, -0.1) is 12.3 Å². The second-order valence-electron chi connectivity index (χ2n) is 3.14. The first-order valence-electron chi connectivity index (χ1n) is 4.64. The van der Waals surface area contributed by atoms with Crippen molar-refractivity contribution in [1.82, 2.24) is 0 Å². The first-order chi connectivity index (χ1) is 7.19. The molecular formula is C12H13BrO2. The number of methoxy groups -OCH3 is 1. The van der Waals surface area contributed by atoms with E-state index in [2.05, 4.69) is 21.9 Å². The van der Waals surface area contributed by atoms with E-state index in [0.29, 0.717) is 18.6 Å². The molecule has 0 aliphatic carbocycles. The lowest BCUT2D eigenvalue weighted by Gasteiger charge is -2.13. The van der Waals surface area contributed by atoms with Gasteiger partial charge in [-0.25, -0.2) is 0 Å². The van der Waals surface area contributed by atoms with Gasteiger partial charge in [0.05, 0.1) is 13.2 Å². The molecule has 0 heterocycles. The van der Waals surface area contributed by atoms with Gasteiger partial charge in [-0.3, -0.25) is 0 Å². The Hall–Kier alpha value is -0.980. The van der Waals surface area contributed by atoms with Crippen molar-refractivity contribution in [3.63, 3.8) is 0 Å². The fraction of sp³-hybridized carbons (Fsp3) is 0.333. The van der Waals surface area contributed by atoms with E-state index in [-0.39, 0.29) is 0 Å². The fourth-order valence-corrected chi connectivity index (χ4v) is 1.68. The van der Waals surface area contributed by atoms with Crippen LogP contribution in [0.25, 0.3) is 0 Å². The third-order valence-corrected chi connectivity index (χ3v) is 2.61. The molecule has 0 aliphatic rings. The molecule has 2 nitrogen and oxygen atoms in total. The summed E-state index contributed by atoms with van der Waals surface area (Å²) in [6, 6.07) is 5.54. The van der Waals surface area contributed by atoms with Gasteiger partial charge in [0.25, 0.3) is 0 Å². The molecule has 15 heavy (non-hydrogen) atoms. The Bertz CT molecular complexity index is 368. The van der Waals surface area contributed by atoms with Crippen LogP contribution in [0.5, 0.6) is 5.75 Å². The molecule has 0 amide bonds. The molecular weight excluding hydrogens is 256 g/mol. The molecule has 1 N–H and O–H groups in total. The summed E-state index contributed by atoms with van der Waals surface area (Å²) in [5.74, 6) is 3.18. The van der Waals surface area contributed by atoms with Gasteiger partial charge in [-0.2, -0.15) is 0 Å². The smallest absolute Gasteiger partial charge is 0.125 e. The lowest BCUT2D eigenvalue weighted by atomic mass is 10.0. The zero-order chi connectivity index (χ0) is 11.3. The Balaban J connectivity index is 2.88. The average molecular weight is 269 g/mol. The van der Waals surface area contributed by atoms with Crippen LogP contribution in [0.1, 0.15) is 24.5 Å². The lowest BCUT2D eigenvalue weighted by Crippen LogP contribution is -2.00. The summed E-state index contributed by atoms with van der Waals surface area (Å²) in [5, 5.41) is 9.86. The van der Waals surface area contributed by atoms with Gasteiger partial charge in [0.2, 0.25) is 0 Å². The fourth-order valence-electron chi connectivity index (χ4n) is 1.34. The van der Waals surface area contributed by atoms with Gasteiger partial charge in [0.1, 0.15) is 5.75 Å². The van der Waals surface area contributed by atoms with Crippen LogP contribution in [0.3, 0.4) is 0 Å². The Morgan fingerprint density at radius 2 is 2.33 bits per heavy atom. The number of halogens is 1. The van der Waals surface area contributed by atoms with Crippen molar-refractivity contribution in [2.75, 3.05) is 7.11 Å². The molecule has 1 rings (SSSR count). The highest BCUT2D eigenvalue weighted by Crippen LogP contribution is 2.30. The van der Waals surface area contributed by atoms with Crippen LogP contribution in [-0.4, -0.2) is 12.2 Å². The minimum absolute atomic E-state index is 0.550. The van der Waals surface area contributed by atoms with E-state index in [1.807, 2.05) is 18.2 Å². The van der Waals surface area contributed by atoms with Gasteiger partial charge >= 0.3 is 0 Å². The van der Waals surface area contributed by atoms with Crippen molar-refractivity contribution in [1.29, 1.82) is 0 Å². The Morgan fingerprint density at radius 3 is 2.93 bits per heavy atom. The van der Waals surface area contributed by atoms with Gasteiger partial charge in [0.15, 0.2) is 0 Å². The van der Waals surface area contributed by atoms with E-state index in [1.165, 1.54) is 0 Å². The summed E-state index contributed by atoms with van der Waals surface area (Å²) < 4.78 is 6.11. The van der Waals surface area contributed by atoms with E-state index >= 15 is 0 Å². The third-order valence-electron chi connectivity index (χ3n) is 2.12. The molecule has 80 valence electrons. The van der Waals surface area contributed by atoms with Crippen LogP contribution in [0.2, 0.25) is 0 Å². The zero-order valence-corrected chi connectivity index (χ0v) is 10.1. The third kappa shape index (κ3) is 3.26. The molecule has 0 saturated heterocycles. The number of benzene rings is 1. The number of terminal acetylenes is 1. The first-order valence-corrected chi connectivity index (χ1v) is 5.43. The van der Waals surface area contributed by atoms with Crippen molar-refractivity contribution in [3.8, 4) is 18.1 Å². The van der Waals surface area contributed by atoms with Gasteiger partial charge in [-0.05, 0) is 18.6 Å². The van der Waals surface area contributed by atoms with Crippen LogP contribution in [0, 0.1) is 12.3 Å². The molecule has 0 aromatic heterocycles. The topological polar surface area (TPSA) is 29.5 Å². The monoisotopic (exact) mass is 268 g/mol. The maximum Gasteiger partial charge on any atom is 0.125 e. The Morgan fingerprint density at radius 1 is 1.60 bits per heavy atom. The molecule has 1 unspecified atom stereocenters. The van der Waals surface area contributed by atoms with Crippen LogP contribution in [-0.2, 0) is 0 Å². The largest absolute Gasteiger partial charge is 0.496 e. The summed E-state index contributed by atoms with van der Waals surface area (Å²) in [5.41, 5.74) is 0.774. The maximum atomic E-state index is 9.86. The van der Waals surface area contributed by atoms with Crippen molar-refractivity contribution < 1.29 is 9.84 Å². The van der Waals surface area contributed by atoms with Crippen molar-refractivity contribution in [2.45, 2.75) is 18.9 Å². The molecule has 0 aliphatic heterocycles. The predicted octanol–water partition coefficient (Wildman–Crippen LogP) is 2.90. The number of aliphatic hydroxyl groups is 1. The molecule has 0 spiro atoms. The lowest BCUT2D eigenvalue weighted by molar-refractivity contribution is 0.165. The summed E-state index contributed by atoms with van der Waals surface area (Å²) in [7, 11) is 1.58. The summed E-state index contributed by atoms with van der Waals surface area (Å²) in [6.07, 6.45) is 5.69. The van der Waals surface area contributed by atoms with Crippen molar-refractivity contribution in [2.24, 2.45) is 0 Å². The molecule has 1 atom stereocenters. The van der Waals surface area contributed by atoms with Crippen molar-refractivity contribution >= 4 is 15.9 Å². The number of hydrogen-bond donors (Lipinski definition) is 1. The highest BCUT2D eigenvalue weighted by molar-refractivity contribution is 9.10.